The van der Waals surface area contributed by atoms with Crippen LogP contribution in [-0.4, -0.2) is 13.7 Å². The highest BCUT2D eigenvalue weighted by molar-refractivity contribution is 9.10. The molecule has 1 aliphatic carbocycles. The fourth-order valence-electron chi connectivity index (χ4n) is 1.39. The third-order valence-corrected chi connectivity index (χ3v) is 2.93. The average Bonchev–Trinajstić information content (AvgIpc) is 2.98. The second-order valence-corrected chi connectivity index (χ2v) is 4.58. The molecule has 0 spiro atoms. The number of nitrogens with one attached hydrogen (secondary N) is 1. The van der Waals surface area contributed by atoms with Crippen molar-refractivity contribution >= 4 is 21.6 Å². The molecular formula is C11H14BrNO. The van der Waals surface area contributed by atoms with Gasteiger partial charge in [0, 0.05) is 11.0 Å². The monoisotopic (exact) mass is 255 g/mol. The van der Waals surface area contributed by atoms with Crippen LogP contribution in [0.2, 0.25) is 0 Å². The number of anilines is 1. The molecule has 0 amide bonds. The third kappa shape index (κ3) is 2.41. The lowest BCUT2D eigenvalue weighted by Gasteiger charge is -2.10. The minimum atomic E-state index is 0.874. The van der Waals surface area contributed by atoms with Crippen LogP contribution in [0.4, 0.5) is 5.69 Å². The van der Waals surface area contributed by atoms with Gasteiger partial charge in [0.1, 0.15) is 5.75 Å². The standard InChI is InChI=1S/C11H14BrNO/c1-14-11-5-4-9(12)6-10(11)13-7-8-2-3-8/h4-6,8,13H,2-3,7H2,1H3. The van der Waals surface area contributed by atoms with E-state index >= 15 is 0 Å². The summed E-state index contributed by atoms with van der Waals surface area (Å²) in [4.78, 5) is 0. The lowest BCUT2D eigenvalue weighted by Crippen LogP contribution is -2.04. The summed E-state index contributed by atoms with van der Waals surface area (Å²) in [5.41, 5.74) is 1.08. The first-order valence-electron chi connectivity index (χ1n) is 4.87. The van der Waals surface area contributed by atoms with E-state index in [0.29, 0.717) is 0 Å². The summed E-state index contributed by atoms with van der Waals surface area (Å²) < 4.78 is 6.35. The average molecular weight is 256 g/mol. The van der Waals surface area contributed by atoms with E-state index in [-0.39, 0.29) is 0 Å². The van der Waals surface area contributed by atoms with E-state index in [9.17, 15) is 0 Å². The summed E-state index contributed by atoms with van der Waals surface area (Å²) in [7, 11) is 1.70. The number of rotatable bonds is 4. The molecular weight excluding hydrogens is 242 g/mol. The van der Waals surface area contributed by atoms with Crippen LogP contribution >= 0.6 is 15.9 Å². The first-order chi connectivity index (χ1) is 6.79. The molecule has 0 saturated heterocycles. The van der Waals surface area contributed by atoms with Crippen molar-refractivity contribution in [3.05, 3.63) is 22.7 Å². The summed E-state index contributed by atoms with van der Waals surface area (Å²) in [6.07, 6.45) is 2.73. The van der Waals surface area contributed by atoms with Crippen LogP contribution in [0.5, 0.6) is 5.75 Å². The zero-order chi connectivity index (χ0) is 9.97. The quantitative estimate of drug-likeness (QED) is 0.892. The van der Waals surface area contributed by atoms with Gasteiger partial charge in [0.15, 0.2) is 0 Å². The number of benzene rings is 1. The largest absolute Gasteiger partial charge is 0.495 e. The van der Waals surface area contributed by atoms with E-state index < -0.39 is 0 Å². The molecule has 3 heteroatoms. The predicted molar refractivity (Wildman–Crippen MR) is 61.9 cm³/mol. The Kier molecular flexibility index (Phi) is 2.96. The zero-order valence-electron chi connectivity index (χ0n) is 8.22. The number of hydrogen-bond acceptors (Lipinski definition) is 2. The summed E-state index contributed by atoms with van der Waals surface area (Å²) in [6, 6.07) is 6.02. The molecule has 2 nitrogen and oxygen atoms in total. The molecule has 1 saturated carbocycles. The van der Waals surface area contributed by atoms with E-state index in [1.165, 1.54) is 12.8 Å². The van der Waals surface area contributed by atoms with E-state index in [1.54, 1.807) is 7.11 Å². The molecule has 0 unspecified atom stereocenters. The van der Waals surface area contributed by atoms with Crippen molar-refractivity contribution in [2.75, 3.05) is 19.0 Å². The van der Waals surface area contributed by atoms with Gasteiger partial charge >= 0.3 is 0 Å². The van der Waals surface area contributed by atoms with Crippen LogP contribution < -0.4 is 10.1 Å². The van der Waals surface area contributed by atoms with Gasteiger partial charge in [-0.05, 0) is 37.0 Å². The van der Waals surface area contributed by atoms with Gasteiger partial charge in [0.2, 0.25) is 0 Å². The van der Waals surface area contributed by atoms with Gasteiger partial charge < -0.3 is 10.1 Å². The fourth-order valence-corrected chi connectivity index (χ4v) is 1.76. The van der Waals surface area contributed by atoms with Gasteiger partial charge in [-0.3, -0.25) is 0 Å². The molecule has 0 atom stereocenters. The first-order valence-corrected chi connectivity index (χ1v) is 5.66. The lowest BCUT2D eigenvalue weighted by atomic mass is 10.3. The minimum absolute atomic E-state index is 0.874. The number of methoxy groups -OCH3 is 1. The molecule has 0 bridgehead atoms. The normalized spacial score (nSPS) is 15.3. The van der Waals surface area contributed by atoms with Crippen molar-refractivity contribution in [3.8, 4) is 5.75 Å². The number of hydrogen-bond donors (Lipinski definition) is 1. The van der Waals surface area contributed by atoms with E-state index in [2.05, 4.69) is 27.3 Å². The summed E-state index contributed by atoms with van der Waals surface area (Å²) in [5.74, 6) is 1.78. The lowest BCUT2D eigenvalue weighted by molar-refractivity contribution is 0.416. The fraction of sp³-hybridized carbons (Fsp3) is 0.455. The van der Waals surface area contributed by atoms with Crippen molar-refractivity contribution in [2.24, 2.45) is 5.92 Å². The van der Waals surface area contributed by atoms with E-state index in [4.69, 9.17) is 4.74 Å². The molecule has 76 valence electrons. The molecule has 2 rings (SSSR count). The van der Waals surface area contributed by atoms with Crippen molar-refractivity contribution < 1.29 is 4.74 Å². The summed E-state index contributed by atoms with van der Waals surface area (Å²) in [6.45, 7) is 1.06. The molecule has 1 N–H and O–H groups in total. The van der Waals surface area contributed by atoms with E-state index in [1.807, 2.05) is 12.1 Å². The smallest absolute Gasteiger partial charge is 0.142 e. The van der Waals surface area contributed by atoms with Crippen molar-refractivity contribution in [1.82, 2.24) is 0 Å². The van der Waals surface area contributed by atoms with Gasteiger partial charge in [-0.1, -0.05) is 15.9 Å². The molecule has 1 aliphatic rings. The third-order valence-electron chi connectivity index (χ3n) is 2.44. The Bertz CT molecular complexity index is 323. The Labute approximate surface area is 92.8 Å². The van der Waals surface area contributed by atoms with Crippen LogP contribution in [0.1, 0.15) is 12.8 Å². The molecule has 0 aromatic heterocycles. The molecule has 0 aliphatic heterocycles. The van der Waals surface area contributed by atoms with Gasteiger partial charge in [-0.15, -0.1) is 0 Å². The summed E-state index contributed by atoms with van der Waals surface area (Å²) in [5, 5.41) is 3.41. The molecule has 0 radical (unpaired) electrons. The molecule has 14 heavy (non-hydrogen) atoms. The van der Waals surface area contributed by atoms with Gasteiger partial charge in [0.05, 0.1) is 12.8 Å². The van der Waals surface area contributed by atoms with Gasteiger partial charge in [-0.25, -0.2) is 0 Å². The highest BCUT2D eigenvalue weighted by Gasteiger charge is 2.21. The second-order valence-electron chi connectivity index (χ2n) is 3.67. The first kappa shape index (κ1) is 9.84. The van der Waals surface area contributed by atoms with Gasteiger partial charge in [0.25, 0.3) is 0 Å². The van der Waals surface area contributed by atoms with Crippen molar-refractivity contribution in [1.29, 1.82) is 0 Å². The Balaban J connectivity index is 2.07. The van der Waals surface area contributed by atoms with Crippen LogP contribution in [0, 0.1) is 5.92 Å². The maximum atomic E-state index is 5.27. The van der Waals surface area contributed by atoms with E-state index in [0.717, 1.165) is 28.4 Å². The SMILES string of the molecule is COc1ccc(Br)cc1NCC1CC1. The maximum absolute atomic E-state index is 5.27. The number of halogens is 1. The highest BCUT2D eigenvalue weighted by Crippen LogP contribution is 2.32. The number of ether oxygens (including phenoxy) is 1. The Morgan fingerprint density at radius 2 is 2.29 bits per heavy atom. The van der Waals surface area contributed by atoms with Crippen LogP contribution in [0.25, 0.3) is 0 Å². The Morgan fingerprint density at radius 3 is 2.93 bits per heavy atom. The predicted octanol–water partition coefficient (Wildman–Crippen LogP) is 3.28. The Hall–Kier alpha value is -0.700. The molecule has 1 aromatic rings. The van der Waals surface area contributed by atoms with Crippen molar-refractivity contribution in [3.63, 3.8) is 0 Å². The molecule has 1 aromatic carbocycles. The van der Waals surface area contributed by atoms with Crippen LogP contribution in [0.3, 0.4) is 0 Å². The van der Waals surface area contributed by atoms with Crippen LogP contribution in [-0.2, 0) is 0 Å². The second kappa shape index (κ2) is 4.22. The topological polar surface area (TPSA) is 21.3 Å². The maximum Gasteiger partial charge on any atom is 0.142 e. The van der Waals surface area contributed by atoms with Crippen LogP contribution in [0.15, 0.2) is 22.7 Å². The molecule has 1 fully saturated rings. The van der Waals surface area contributed by atoms with Crippen molar-refractivity contribution in [2.45, 2.75) is 12.8 Å². The molecule has 0 heterocycles. The zero-order valence-corrected chi connectivity index (χ0v) is 9.80. The minimum Gasteiger partial charge on any atom is -0.495 e. The van der Waals surface area contributed by atoms with Gasteiger partial charge in [-0.2, -0.15) is 0 Å². The summed E-state index contributed by atoms with van der Waals surface area (Å²) >= 11 is 3.45. The highest BCUT2D eigenvalue weighted by atomic mass is 79.9. The Morgan fingerprint density at radius 1 is 1.50 bits per heavy atom.